The zero-order valence-electron chi connectivity index (χ0n) is 19.1. The highest BCUT2D eigenvalue weighted by Crippen LogP contribution is 2.25. The number of benzene rings is 3. The van der Waals surface area contributed by atoms with Crippen LogP contribution in [0, 0.1) is 0 Å². The number of hydrogen-bond donors (Lipinski definition) is 4. The molecule has 1 unspecified atom stereocenters. The number of anilines is 1. The predicted octanol–water partition coefficient (Wildman–Crippen LogP) is 3.76. The number of sulfonamides is 1. The topological polar surface area (TPSA) is 125 Å². The normalized spacial score (nSPS) is 12.6. The van der Waals surface area contributed by atoms with E-state index in [9.17, 15) is 18.0 Å². The van der Waals surface area contributed by atoms with Gasteiger partial charge in [-0.15, -0.1) is 0 Å². The Kier molecular flexibility index (Phi) is 7.51. The quantitative estimate of drug-likeness (QED) is 0.302. The van der Waals surface area contributed by atoms with Gasteiger partial charge in [0.2, 0.25) is 15.9 Å². The van der Waals surface area contributed by atoms with Crippen molar-refractivity contribution in [3.63, 3.8) is 0 Å². The van der Waals surface area contributed by atoms with E-state index in [4.69, 9.17) is 5.21 Å². The summed E-state index contributed by atoms with van der Waals surface area (Å²) >= 11 is 0. The Hall–Kier alpha value is -3.53. The molecule has 3 rings (SSSR count). The van der Waals surface area contributed by atoms with E-state index in [1.165, 1.54) is 41.9 Å². The van der Waals surface area contributed by atoms with Gasteiger partial charge in [-0.1, -0.05) is 63.2 Å². The lowest BCUT2D eigenvalue weighted by molar-refractivity contribution is -0.117. The number of carbonyl (C=O) groups excluding carboxylic acids is 2. The molecule has 3 aromatic rings. The summed E-state index contributed by atoms with van der Waals surface area (Å²) in [6.07, 6.45) is 0. The van der Waals surface area contributed by atoms with Gasteiger partial charge in [-0.25, -0.2) is 13.9 Å². The molecule has 0 aliphatic rings. The lowest BCUT2D eigenvalue weighted by Crippen LogP contribution is -2.37. The van der Waals surface area contributed by atoms with Gasteiger partial charge >= 0.3 is 0 Å². The van der Waals surface area contributed by atoms with E-state index in [0.29, 0.717) is 11.3 Å². The molecule has 4 N–H and O–H groups in total. The molecule has 0 spiro atoms. The van der Waals surface area contributed by atoms with Crippen molar-refractivity contribution < 1.29 is 23.2 Å². The minimum atomic E-state index is -4.02. The van der Waals surface area contributed by atoms with Crippen LogP contribution in [-0.2, 0) is 20.2 Å². The van der Waals surface area contributed by atoms with Crippen molar-refractivity contribution in [3.05, 3.63) is 95.6 Å². The summed E-state index contributed by atoms with van der Waals surface area (Å²) in [5, 5.41) is 11.4. The smallest absolute Gasteiger partial charge is 0.274 e. The van der Waals surface area contributed by atoms with E-state index in [1.807, 2.05) is 20.8 Å². The Labute approximate surface area is 199 Å². The summed E-state index contributed by atoms with van der Waals surface area (Å²) in [6.45, 7) is 6.11. The maximum Gasteiger partial charge on any atom is 0.274 e. The van der Waals surface area contributed by atoms with Crippen molar-refractivity contribution in [3.8, 4) is 0 Å². The Morgan fingerprint density at radius 2 is 1.44 bits per heavy atom. The number of amides is 2. The Bertz CT molecular complexity index is 1250. The van der Waals surface area contributed by atoms with Crippen molar-refractivity contribution in [2.45, 2.75) is 37.1 Å². The SMILES string of the molecule is CC(C)(C)c1ccc(S(=O)(=O)NC(C(=O)Nc2ccc(C(=O)NO)cc2)c2ccccc2)cc1. The molecule has 178 valence electrons. The van der Waals surface area contributed by atoms with Crippen LogP contribution in [0.5, 0.6) is 0 Å². The van der Waals surface area contributed by atoms with Gasteiger partial charge in [0.1, 0.15) is 6.04 Å². The van der Waals surface area contributed by atoms with Gasteiger partial charge in [-0.3, -0.25) is 14.8 Å². The summed E-state index contributed by atoms with van der Waals surface area (Å²) in [5.41, 5.74) is 3.40. The molecule has 9 heteroatoms. The van der Waals surface area contributed by atoms with Crippen molar-refractivity contribution in [2.24, 2.45) is 0 Å². The Morgan fingerprint density at radius 1 is 0.853 bits per heavy atom. The first-order chi connectivity index (χ1) is 16.0. The van der Waals surface area contributed by atoms with Crippen LogP contribution in [0.4, 0.5) is 5.69 Å². The fourth-order valence-corrected chi connectivity index (χ4v) is 4.44. The van der Waals surface area contributed by atoms with E-state index >= 15 is 0 Å². The van der Waals surface area contributed by atoms with E-state index in [0.717, 1.165) is 5.56 Å². The molecular formula is C25H27N3O5S. The van der Waals surface area contributed by atoms with Crippen molar-refractivity contribution in [1.82, 2.24) is 10.2 Å². The van der Waals surface area contributed by atoms with E-state index in [1.54, 1.807) is 42.5 Å². The second-order valence-corrected chi connectivity index (χ2v) is 10.5. The Morgan fingerprint density at radius 3 is 1.97 bits per heavy atom. The molecule has 0 saturated carbocycles. The molecule has 2 amide bonds. The second kappa shape index (κ2) is 10.2. The number of rotatable bonds is 7. The Balaban J connectivity index is 1.86. The highest BCUT2D eigenvalue weighted by Gasteiger charge is 2.28. The largest absolute Gasteiger partial charge is 0.324 e. The maximum absolute atomic E-state index is 13.1. The van der Waals surface area contributed by atoms with Crippen LogP contribution in [0.2, 0.25) is 0 Å². The third-order valence-corrected chi connectivity index (χ3v) is 6.65. The summed E-state index contributed by atoms with van der Waals surface area (Å²) in [5.74, 6) is -1.29. The molecular weight excluding hydrogens is 454 g/mol. The number of carbonyl (C=O) groups is 2. The maximum atomic E-state index is 13.1. The van der Waals surface area contributed by atoms with E-state index < -0.39 is 27.9 Å². The molecule has 0 fully saturated rings. The second-order valence-electron chi connectivity index (χ2n) is 8.75. The number of hydroxylamine groups is 1. The third-order valence-electron chi connectivity index (χ3n) is 5.21. The summed E-state index contributed by atoms with van der Waals surface area (Å²) in [4.78, 5) is 24.7. The predicted molar refractivity (Wildman–Crippen MR) is 129 cm³/mol. The molecule has 3 aromatic carbocycles. The van der Waals surface area contributed by atoms with Crippen LogP contribution >= 0.6 is 0 Å². The van der Waals surface area contributed by atoms with Crippen LogP contribution in [0.25, 0.3) is 0 Å². The van der Waals surface area contributed by atoms with Crippen molar-refractivity contribution in [1.29, 1.82) is 0 Å². The summed E-state index contributed by atoms with van der Waals surface area (Å²) < 4.78 is 28.8. The zero-order valence-corrected chi connectivity index (χ0v) is 19.9. The average molecular weight is 482 g/mol. The van der Waals surface area contributed by atoms with Crippen LogP contribution in [0.3, 0.4) is 0 Å². The fourth-order valence-electron chi connectivity index (χ4n) is 3.26. The van der Waals surface area contributed by atoms with Gasteiger partial charge in [0.25, 0.3) is 5.91 Å². The van der Waals surface area contributed by atoms with Crippen molar-refractivity contribution in [2.75, 3.05) is 5.32 Å². The van der Waals surface area contributed by atoms with Gasteiger partial charge in [0, 0.05) is 11.3 Å². The van der Waals surface area contributed by atoms with Crippen molar-refractivity contribution >= 4 is 27.5 Å². The molecule has 0 saturated heterocycles. The van der Waals surface area contributed by atoms with Gasteiger partial charge in [0.05, 0.1) is 4.90 Å². The fraction of sp³-hybridized carbons (Fsp3) is 0.200. The standard InChI is InChI=1S/C25H27N3O5S/c1-25(2,3)19-11-15-21(16-12-19)34(32,33)28-22(17-7-5-4-6-8-17)24(30)26-20-13-9-18(10-14-20)23(29)27-31/h4-16,22,28,31H,1-3H3,(H,26,30)(H,27,29). The lowest BCUT2D eigenvalue weighted by Gasteiger charge is -2.21. The summed E-state index contributed by atoms with van der Waals surface area (Å²) in [7, 11) is -4.02. The number of hydrogen-bond acceptors (Lipinski definition) is 5. The average Bonchev–Trinajstić information content (AvgIpc) is 2.82. The highest BCUT2D eigenvalue weighted by molar-refractivity contribution is 7.89. The highest BCUT2D eigenvalue weighted by atomic mass is 32.2. The molecule has 0 aliphatic heterocycles. The third kappa shape index (κ3) is 6.07. The molecule has 34 heavy (non-hydrogen) atoms. The molecule has 0 radical (unpaired) electrons. The molecule has 0 heterocycles. The van der Waals surface area contributed by atoms with Crippen LogP contribution in [0.1, 0.15) is 48.3 Å². The first kappa shape index (κ1) is 25.1. The van der Waals surface area contributed by atoms with Gasteiger partial charge < -0.3 is 5.32 Å². The van der Waals surface area contributed by atoms with Gasteiger partial charge in [-0.2, -0.15) is 4.72 Å². The van der Waals surface area contributed by atoms with Crippen LogP contribution in [-0.4, -0.2) is 25.4 Å². The minimum Gasteiger partial charge on any atom is -0.324 e. The first-order valence-corrected chi connectivity index (χ1v) is 12.0. The molecule has 8 nitrogen and oxygen atoms in total. The number of nitrogens with one attached hydrogen (secondary N) is 3. The minimum absolute atomic E-state index is 0.0496. The lowest BCUT2D eigenvalue weighted by atomic mass is 9.87. The summed E-state index contributed by atoms with van der Waals surface area (Å²) in [6, 6.07) is 19.7. The van der Waals surface area contributed by atoms with E-state index in [2.05, 4.69) is 10.0 Å². The first-order valence-electron chi connectivity index (χ1n) is 10.5. The molecule has 0 aliphatic carbocycles. The van der Waals surface area contributed by atoms with Crippen LogP contribution < -0.4 is 15.5 Å². The van der Waals surface area contributed by atoms with Crippen LogP contribution in [0.15, 0.2) is 83.8 Å². The van der Waals surface area contributed by atoms with Gasteiger partial charge in [0.15, 0.2) is 0 Å². The van der Waals surface area contributed by atoms with E-state index in [-0.39, 0.29) is 15.9 Å². The monoisotopic (exact) mass is 481 g/mol. The van der Waals surface area contributed by atoms with Gasteiger partial charge in [-0.05, 0) is 52.9 Å². The molecule has 0 bridgehead atoms. The molecule has 0 aromatic heterocycles. The molecule has 1 atom stereocenters. The zero-order chi connectivity index (χ0) is 24.9.